The molecule has 0 atom stereocenters. The van der Waals surface area contributed by atoms with Crippen molar-refractivity contribution in [2.45, 2.75) is 6.18 Å². The average Bonchev–Trinajstić information content (AvgIpc) is 3.12. The number of pyridine rings is 2. The van der Waals surface area contributed by atoms with Crippen LogP contribution in [0.15, 0.2) is 48.8 Å². The number of amides is 1. The quantitative estimate of drug-likeness (QED) is 0.359. The number of fused-ring (bicyclic) bond motifs is 1. The highest BCUT2D eigenvalue weighted by atomic mass is 35.5. The third kappa shape index (κ3) is 4.54. The molecule has 1 amide bonds. The largest absolute Gasteiger partial charge is 0.417 e. The van der Waals surface area contributed by atoms with Gasteiger partial charge in [-0.05, 0) is 30.3 Å². The van der Waals surface area contributed by atoms with Crippen molar-refractivity contribution in [2.24, 2.45) is 0 Å². The zero-order valence-electron chi connectivity index (χ0n) is 15.3. The molecule has 3 aromatic heterocycles. The normalized spacial score (nSPS) is 11.5. The highest BCUT2D eigenvalue weighted by Gasteiger charge is 2.30. The van der Waals surface area contributed by atoms with Crippen LogP contribution in [0.2, 0.25) is 10.0 Å². The fourth-order valence-electron chi connectivity index (χ4n) is 2.64. The van der Waals surface area contributed by atoms with Crippen LogP contribution in [0.3, 0.4) is 0 Å². The molecule has 4 aromatic rings. The van der Waals surface area contributed by atoms with Gasteiger partial charge in [-0.15, -0.1) is 0 Å². The van der Waals surface area contributed by atoms with Gasteiger partial charge in [0, 0.05) is 6.20 Å². The molecule has 0 radical (unpaired) electrons. The van der Waals surface area contributed by atoms with Crippen molar-refractivity contribution in [3.8, 4) is 0 Å². The minimum Gasteiger partial charge on any atom is -0.323 e. The van der Waals surface area contributed by atoms with Gasteiger partial charge in [0.1, 0.15) is 11.5 Å². The third-order valence-corrected chi connectivity index (χ3v) is 4.77. The lowest BCUT2D eigenvalue weighted by Crippen LogP contribution is -2.15. The number of carbonyl (C=O) groups excluding carboxylic acids is 1. The number of hydrogen-bond donors (Lipinski definition) is 3. The molecule has 3 heterocycles. The van der Waals surface area contributed by atoms with Gasteiger partial charge < -0.3 is 15.6 Å². The summed E-state index contributed by atoms with van der Waals surface area (Å²) in [5.41, 5.74) is 0.508. The first kappa shape index (κ1) is 20.9. The Labute approximate surface area is 182 Å². The molecule has 31 heavy (non-hydrogen) atoms. The number of nitrogens with one attached hydrogen (secondary N) is 3. The van der Waals surface area contributed by atoms with E-state index < -0.39 is 17.6 Å². The van der Waals surface area contributed by atoms with Crippen LogP contribution in [-0.2, 0) is 6.18 Å². The lowest BCUT2D eigenvalue weighted by molar-refractivity contribution is -0.137. The Morgan fingerprint density at radius 2 is 1.77 bits per heavy atom. The number of hydrogen-bond acceptors (Lipinski definition) is 5. The molecule has 0 spiro atoms. The number of nitrogens with zero attached hydrogens (tertiary/aromatic N) is 3. The molecule has 0 saturated heterocycles. The second-order valence-electron chi connectivity index (χ2n) is 6.28. The monoisotopic (exact) mass is 466 g/mol. The molecule has 7 nitrogen and oxygen atoms in total. The Balaban J connectivity index is 1.53. The van der Waals surface area contributed by atoms with Crippen LogP contribution in [0.25, 0.3) is 11.0 Å². The number of para-hydroxylation sites is 1. The van der Waals surface area contributed by atoms with Gasteiger partial charge >= 0.3 is 6.18 Å². The third-order valence-electron chi connectivity index (χ3n) is 4.14. The van der Waals surface area contributed by atoms with Crippen molar-refractivity contribution in [1.82, 2.24) is 19.9 Å². The Bertz CT molecular complexity index is 1250. The summed E-state index contributed by atoms with van der Waals surface area (Å²) in [7, 11) is 0. The van der Waals surface area contributed by atoms with Crippen molar-refractivity contribution in [2.75, 3.05) is 10.6 Å². The summed E-state index contributed by atoms with van der Waals surface area (Å²) in [6.07, 6.45) is -2.48. The SMILES string of the molecule is O=C(Nc1ccc(C(F)(F)F)cn1)c1cc2nc(Nc3c(Cl)cccc3Cl)[nH]c2cn1. The van der Waals surface area contributed by atoms with Crippen LogP contribution in [0.1, 0.15) is 16.1 Å². The summed E-state index contributed by atoms with van der Waals surface area (Å²) in [6.45, 7) is 0. The summed E-state index contributed by atoms with van der Waals surface area (Å²) in [5, 5.41) is 6.17. The summed E-state index contributed by atoms with van der Waals surface area (Å²) in [6, 6.07) is 8.34. The zero-order chi connectivity index (χ0) is 22.2. The van der Waals surface area contributed by atoms with E-state index in [2.05, 4.69) is 30.6 Å². The smallest absolute Gasteiger partial charge is 0.323 e. The van der Waals surface area contributed by atoms with Crippen LogP contribution in [-0.4, -0.2) is 25.8 Å². The number of halogens is 5. The molecule has 12 heteroatoms. The van der Waals surface area contributed by atoms with Gasteiger partial charge in [0.25, 0.3) is 5.91 Å². The van der Waals surface area contributed by atoms with Gasteiger partial charge in [0.15, 0.2) is 0 Å². The Hall–Kier alpha value is -3.37. The van der Waals surface area contributed by atoms with Crippen molar-refractivity contribution < 1.29 is 18.0 Å². The van der Waals surface area contributed by atoms with Crippen LogP contribution < -0.4 is 10.6 Å². The summed E-state index contributed by atoms with van der Waals surface area (Å²) < 4.78 is 37.8. The van der Waals surface area contributed by atoms with E-state index in [0.717, 1.165) is 12.1 Å². The number of alkyl halides is 3. The Morgan fingerprint density at radius 1 is 1.03 bits per heavy atom. The van der Waals surface area contributed by atoms with Crippen molar-refractivity contribution in [3.05, 3.63) is 70.1 Å². The molecule has 0 unspecified atom stereocenters. The van der Waals surface area contributed by atoms with Gasteiger partial charge in [-0.25, -0.2) is 15.0 Å². The van der Waals surface area contributed by atoms with Crippen LogP contribution >= 0.6 is 23.2 Å². The standard InChI is InChI=1S/C19H11Cl2F3N6O/c20-10-2-1-3-11(21)16(10)30-18-27-12-6-13(25-8-14(12)28-18)17(31)29-15-5-4-9(7-26-15)19(22,23)24/h1-8H,(H,26,29,31)(H2,27,28,30). The molecular weight excluding hydrogens is 456 g/mol. The summed E-state index contributed by atoms with van der Waals surface area (Å²) in [4.78, 5) is 27.4. The number of aromatic amines is 1. The van der Waals surface area contributed by atoms with E-state index in [1.165, 1.54) is 12.3 Å². The van der Waals surface area contributed by atoms with E-state index in [1.807, 2.05) is 0 Å². The maximum absolute atomic E-state index is 12.6. The van der Waals surface area contributed by atoms with Crippen LogP contribution in [0, 0.1) is 0 Å². The number of aromatic nitrogens is 4. The fourth-order valence-corrected chi connectivity index (χ4v) is 3.14. The average molecular weight is 467 g/mol. The number of rotatable bonds is 4. The lowest BCUT2D eigenvalue weighted by Gasteiger charge is -2.07. The first-order valence-electron chi connectivity index (χ1n) is 8.62. The van der Waals surface area contributed by atoms with Crippen LogP contribution in [0.5, 0.6) is 0 Å². The van der Waals surface area contributed by atoms with Crippen LogP contribution in [0.4, 0.5) is 30.6 Å². The van der Waals surface area contributed by atoms with Gasteiger partial charge in [-0.1, -0.05) is 29.3 Å². The van der Waals surface area contributed by atoms with Gasteiger partial charge in [0.05, 0.1) is 38.5 Å². The maximum atomic E-state index is 12.6. The molecule has 0 aliphatic rings. The van der Waals surface area contributed by atoms with Gasteiger partial charge in [0.2, 0.25) is 5.95 Å². The zero-order valence-corrected chi connectivity index (χ0v) is 16.8. The minimum atomic E-state index is -4.51. The highest BCUT2D eigenvalue weighted by molar-refractivity contribution is 6.39. The molecule has 0 saturated carbocycles. The van der Waals surface area contributed by atoms with E-state index in [0.29, 0.717) is 38.9 Å². The Morgan fingerprint density at radius 3 is 2.42 bits per heavy atom. The fraction of sp³-hybridized carbons (Fsp3) is 0.0526. The predicted molar refractivity (Wildman–Crippen MR) is 111 cm³/mol. The van der Waals surface area contributed by atoms with E-state index in [-0.39, 0.29) is 11.5 Å². The van der Waals surface area contributed by atoms with E-state index in [4.69, 9.17) is 23.2 Å². The molecule has 0 aliphatic carbocycles. The summed E-state index contributed by atoms with van der Waals surface area (Å²) >= 11 is 12.3. The minimum absolute atomic E-state index is 0.00280. The van der Waals surface area contributed by atoms with Crippen molar-refractivity contribution >= 4 is 57.6 Å². The number of H-pyrrole nitrogens is 1. The second-order valence-corrected chi connectivity index (χ2v) is 7.09. The van der Waals surface area contributed by atoms with Crippen molar-refractivity contribution in [1.29, 1.82) is 0 Å². The molecular formula is C19H11Cl2F3N6O. The molecule has 0 aliphatic heterocycles. The first-order chi connectivity index (χ1) is 14.7. The molecule has 0 fully saturated rings. The molecule has 1 aromatic carbocycles. The highest BCUT2D eigenvalue weighted by Crippen LogP contribution is 2.32. The van der Waals surface area contributed by atoms with E-state index in [1.54, 1.807) is 18.2 Å². The van der Waals surface area contributed by atoms with Crippen molar-refractivity contribution in [3.63, 3.8) is 0 Å². The van der Waals surface area contributed by atoms with Gasteiger partial charge in [-0.2, -0.15) is 13.2 Å². The number of anilines is 3. The predicted octanol–water partition coefficient (Wildman–Crippen LogP) is 5.67. The number of carbonyl (C=O) groups is 1. The lowest BCUT2D eigenvalue weighted by atomic mass is 10.2. The van der Waals surface area contributed by atoms with E-state index >= 15 is 0 Å². The molecule has 158 valence electrons. The first-order valence-corrected chi connectivity index (χ1v) is 9.38. The maximum Gasteiger partial charge on any atom is 0.417 e. The molecule has 0 bridgehead atoms. The number of benzene rings is 1. The number of imidazole rings is 1. The second kappa shape index (κ2) is 8.05. The summed E-state index contributed by atoms with van der Waals surface area (Å²) in [5.74, 6) is -0.368. The van der Waals surface area contributed by atoms with E-state index in [9.17, 15) is 18.0 Å². The van der Waals surface area contributed by atoms with Gasteiger partial charge in [-0.3, -0.25) is 4.79 Å². The Kier molecular flexibility index (Phi) is 5.42. The molecule has 3 N–H and O–H groups in total. The topological polar surface area (TPSA) is 95.6 Å². The molecule has 4 rings (SSSR count).